The Hall–Kier alpha value is -1.01. The largest absolute Gasteiger partial charge is 0.514 e. The van der Waals surface area contributed by atoms with Crippen LogP contribution in [0, 0.1) is 0 Å². The Morgan fingerprint density at radius 3 is 2.21 bits per heavy atom. The minimum atomic E-state index is -0.410. The molecule has 1 aromatic heterocycles. The number of nitrogens with zero attached hydrogens (tertiary/aromatic N) is 2. The lowest BCUT2D eigenvalue weighted by Crippen LogP contribution is -2.41. The van der Waals surface area contributed by atoms with E-state index in [-0.39, 0.29) is 17.3 Å². The van der Waals surface area contributed by atoms with Crippen LogP contribution in [0.15, 0.2) is 6.20 Å². The van der Waals surface area contributed by atoms with Crippen molar-refractivity contribution in [3.05, 3.63) is 6.20 Å². The first-order valence-corrected chi connectivity index (χ1v) is 6.68. The summed E-state index contributed by atoms with van der Waals surface area (Å²) in [6, 6.07) is 0.583. The van der Waals surface area contributed by atoms with E-state index in [1.54, 1.807) is 6.20 Å². The Morgan fingerprint density at radius 2 is 1.74 bits per heavy atom. The average Bonchev–Trinajstić information content (AvgIpc) is 2.66. The molecule has 0 aliphatic carbocycles. The molecule has 0 saturated carbocycles. The number of aromatic nitrogens is 2. The fourth-order valence-electron chi connectivity index (χ4n) is 1.91. The van der Waals surface area contributed by atoms with Gasteiger partial charge in [0.25, 0.3) is 6.01 Å². The van der Waals surface area contributed by atoms with Gasteiger partial charge in [0.05, 0.1) is 22.9 Å². The normalized spacial score (nSPS) is 21.2. The molecule has 0 atom stereocenters. The lowest BCUT2D eigenvalue weighted by Gasteiger charge is -2.32. The summed E-state index contributed by atoms with van der Waals surface area (Å²) in [6.45, 7) is 12.1. The monoisotopic (exact) mass is 266 g/mol. The van der Waals surface area contributed by atoms with E-state index < -0.39 is 7.12 Å². The molecule has 106 valence electrons. The van der Waals surface area contributed by atoms with E-state index in [0.29, 0.717) is 6.01 Å². The van der Waals surface area contributed by atoms with Crippen molar-refractivity contribution in [3.63, 3.8) is 0 Å². The van der Waals surface area contributed by atoms with Gasteiger partial charge in [0, 0.05) is 13.2 Å². The molecule has 6 heteroatoms. The molecule has 0 radical (unpaired) electrons. The van der Waals surface area contributed by atoms with E-state index in [2.05, 4.69) is 4.98 Å². The van der Waals surface area contributed by atoms with Gasteiger partial charge < -0.3 is 18.6 Å². The maximum atomic E-state index is 6.01. The quantitative estimate of drug-likeness (QED) is 0.778. The number of imidazole rings is 1. The Morgan fingerprint density at radius 1 is 1.21 bits per heavy atom. The van der Waals surface area contributed by atoms with E-state index in [1.165, 1.54) is 0 Å². The first-order valence-electron chi connectivity index (χ1n) is 6.68. The van der Waals surface area contributed by atoms with Crippen LogP contribution in [0.4, 0.5) is 0 Å². The molecule has 0 spiro atoms. The molecule has 0 N–H and O–H groups in total. The van der Waals surface area contributed by atoms with Gasteiger partial charge in [-0.3, -0.25) is 0 Å². The highest BCUT2D eigenvalue weighted by atomic mass is 16.7. The summed E-state index contributed by atoms with van der Waals surface area (Å²) in [4.78, 5) is 4.28. The van der Waals surface area contributed by atoms with Gasteiger partial charge in [-0.05, 0) is 41.5 Å². The first-order chi connectivity index (χ1) is 8.64. The SMILES string of the molecule is CC(C)Oc1ncc(B2OC(C)(C)C(C)(C)O2)n1C. The minimum absolute atomic E-state index is 0.0900. The Balaban J connectivity index is 2.23. The highest BCUT2D eigenvalue weighted by Gasteiger charge is 2.52. The highest BCUT2D eigenvalue weighted by molar-refractivity contribution is 6.61. The van der Waals surface area contributed by atoms with Gasteiger partial charge in [-0.1, -0.05) is 0 Å². The maximum absolute atomic E-state index is 6.01. The number of rotatable bonds is 3. The zero-order valence-corrected chi connectivity index (χ0v) is 12.9. The van der Waals surface area contributed by atoms with Crippen LogP contribution in [0.2, 0.25) is 0 Å². The van der Waals surface area contributed by atoms with Crippen molar-refractivity contribution in [2.75, 3.05) is 0 Å². The van der Waals surface area contributed by atoms with Gasteiger partial charge in [0.1, 0.15) is 0 Å². The molecule has 1 fully saturated rings. The molecule has 1 aliphatic heterocycles. The molecule has 5 nitrogen and oxygen atoms in total. The van der Waals surface area contributed by atoms with E-state index in [9.17, 15) is 0 Å². The second kappa shape index (κ2) is 4.53. The van der Waals surface area contributed by atoms with E-state index in [4.69, 9.17) is 14.0 Å². The number of hydrogen-bond acceptors (Lipinski definition) is 4. The van der Waals surface area contributed by atoms with E-state index in [0.717, 1.165) is 5.59 Å². The molecule has 2 rings (SSSR count). The van der Waals surface area contributed by atoms with Crippen LogP contribution in [0.25, 0.3) is 0 Å². The fraction of sp³-hybridized carbons (Fsp3) is 0.769. The summed E-state index contributed by atoms with van der Waals surface area (Å²) in [7, 11) is 1.50. The van der Waals surface area contributed by atoms with E-state index in [1.807, 2.05) is 53.2 Å². The second-order valence-corrected chi connectivity index (χ2v) is 6.28. The standard InChI is InChI=1S/C13H23BN2O3/c1-9(2)17-11-15-8-10(16(11)7)14-18-12(3,4)13(5,6)19-14/h8-9H,1-7H3. The van der Waals surface area contributed by atoms with Crippen molar-refractivity contribution in [2.24, 2.45) is 7.05 Å². The molecule has 19 heavy (non-hydrogen) atoms. The predicted octanol–water partition coefficient (Wildman–Crippen LogP) is 1.51. The van der Waals surface area contributed by atoms with E-state index >= 15 is 0 Å². The number of ether oxygens (including phenoxy) is 1. The van der Waals surface area contributed by atoms with Gasteiger partial charge in [-0.2, -0.15) is 0 Å². The predicted molar refractivity (Wildman–Crippen MR) is 74.7 cm³/mol. The average molecular weight is 266 g/mol. The van der Waals surface area contributed by atoms with Crippen LogP contribution in [0.1, 0.15) is 41.5 Å². The topological polar surface area (TPSA) is 45.5 Å². The third kappa shape index (κ3) is 2.51. The zero-order valence-electron chi connectivity index (χ0n) is 12.9. The van der Waals surface area contributed by atoms with Gasteiger partial charge in [-0.15, -0.1) is 0 Å². The van der Waals surface area contributed by atoms with Crippen LogP contribution in [-0.2, 0) is 16.4 Å². The molecule has 1 aromatic rings. The third-order valence-electron chi connectivity index (χ3n) is 3.82. The summed E-state index contributed by atoms with van der Waals surface area (Å²) in [6.07, 6.45) is 1.84. The summed E-state index contributed by atoms with van der Waals surface area (Å²) >= 11 is 0. The van der Waals surface area contributed by atoms with Crippen molar-refractivity contribution in [2.45, 2.75) is 58.8 Å². The molecule has 1 saturated heterocycles. The molecule has 0 amide bonds. The summed E-state index contributed by atoms with van der Waals surface area (Å²) < 4.78 is 19.5. The minimum Gasteiger partial charge on any atom is -0.462 e. The lowest BCUT2D eigenvalue weighted by atomic mass is 9.85. The maximum Gasteiger partial charge on any atom is 0.514 e. The fourth-order valence-corrected chi connectivity index (χ4v) is 1.91. The molecular weight excluding hydrogens is 243 g/mol. The first kappa shape index (κ1) is 14.4. The lowest BCUT2D eigenvalue weighted by molar-refractivity contribution is 0.00578. The summed E-state index contributed by atoms with van der Waals surface area (Å²) in [5.74, 6) is 0. The number of hydrogen-bond donors (Lipinski definition) is 0. The summed E-state index contributed by atoms with van der Waals surface area (Å²) in [5.41, 5.74) is 0.177. The van der Waals surface area contributed by atoms with Crippen molar-refractivity contribution in [3.8, 4) is 6.01 Å². The van der Waals surface area contributed by atoms with Crippen molar-refractivity contribution in [1.82, 2.24) is 9.55 Å². The molecule has 0 unspecified atom stereocenters. The van der Waals surface area contributed by atoms with Crippen LogP contribution in [0.3, 0.4) is 0 Å². The molecule has 0 bridgehead atoms. The van der Waals surface area contributed by atoms with Gasteiger partial charge >= 0.3 is 7.12 Å². The molecule has 2 heterocycles. The molecule has 0 aromatic carbocycles. The van der Waals surface area contributed by atoms with Gasteiger partial charge in [0.15, 0.2) is 0 Å². The molecular formula is C13H23BN2O3. The van der Waals surface area contributed by atoms with Crippen LogP contribution in [0.5, 0.6) is 6.01 Å². The summed E-state index contributed by atoms with van der Waals surface area (Å²) in [5, 5.41) is 0. The highest BCUT2D eigenvalue weighted by Crippen LogP contribution is 2.36. The molecule has 1 aliphatic rings. The Bertz CT molecular complexity index is 452. The van der Waals surface area contributed by atoms with Crippen molar-refractivity contribution in [1.29, 1.82) is 0 Å². The third-order valence-corrected chi connectivity index (χ3v) is 3.82. The van der Waals surface area contributed by atoms with Crippen molar-refractivity contribution < 1.29 is 14.0 Å². The van der Waals surface area contributed by atoms with Crippen LogP contribution >= 0.6 is 0 Å². The Labute approximate surface area is 115 Å². The van der Waals surface area contributed by atoms with Gasteiger partial charge in [0.2, 0.25) is 0 Å². The smallest absolute Gasteiger partial charge is 0.462 e. The van der Waals surface area contributed by atoms with Gasteiger partial charge in [-0.25, -0.2) is 4.98 Å². The van der Waals surface area contributed by atoms with Crippen molar-refractivity contribution >= 4 is 12.7 Å². The Kier molecular flexibility index (Phi) is 3.43. The zero-order chi connectivity index (χ0) is 14.4. The van der Waals surface area contributed by atoms with Crippen LogP contribution in [-0.4, -0.2) is 34.0 Å². The second-order valence-electron chi connectivity index (χ2n) is 6.28. The van der Waals surface area contributed by atoms with Crippen LogP contribution < -0.4 is 10.3 Å².